The van der Waals surface area contributed by atoms with Crippen molar-refractivity contribution in [3.8, 4) is 0 Å². The second-order valence-corrected chi connectivity index (χ2v) is 6.01. The molecule has 1 aromatic rings. The summed E-state index contributed by atoms with van der Waals surface area (Å²) in [6, 6.07) is 3.82. The van der Waals surface area contributed by atoms with Crippen LogP contribution in [0.1, 0.15) is 51.0 Å². The van der Waals surface area contributed by atoms with Gasteiger partial charge in [-0.05, 0) is 37.5 Å². The molecule has 0 aliphatic heterocycles. The number of amides is 1. The molecule has 0 radical (unpaired) electrons. The smallest absolute Gasteiger partial charge is 0.307 e. The van der Waals surface area contributed by atoms with E-state index in [1.807, 2.05) is 17.0 Å². The van der Waals surface area contributed by atoms with E-state index in [1.54, 1.807) is 19.3 Å². The van der Waals surface area contributed by atoms with Crippen LogP contribution in [-0.2, 0) is 20.9 Å². The monoisotopic (exact) mass is 318 g/mol. The molecule has 0 saturated heterocycles. The van der Waals surface area contributed by atoms with Gasteiger partial charge in [0.25, 0.3) is 0 Å². The first-order valence-electron chi connectivity index (χ1n) is 8.54. The van der Waals surface area contributed by atoms with Crippen molar-refractivity contribution in [2.75, 3.05) is 13.2 Å². The molecule has 5 nitrogen and oxygen atoms in total. The third-order valence-corrected chi connectivity index (χ3v) is 4.28. The molecule has 1 aromatic heterocycles. The number of rotatable bonds is 7. The van der Waals surface area contributed by atoms with Crippen LogP contribution in [0.15, 0.2) is 24.5 Å². The Labute approximate surface area is 138 Å². The van der Waals surface area contributed by atoms with E-state index in [0.717, 1.165) is 31.2 Å². The zero-order valence-corrected chi connectivity index (χ0v) is 13.9. The maximum atomic E-state index is 12.8. The number of aromatic nitrogens is 1. The van der Waals surface area contributed by atoms with Crippen LogP contribution in [-0.4, -0.2) is 34.9 Å². The number of hydrogen-bond donors (Lipinski definition) is 0. The van der Waals surface area contributed by atoms with Gasteiger partial charge in [0.15, 0.2) is 0 Å². The number of ether oxygens (including phenoxy) is 1. The largest absolute Gasteiger partial charge is 0.466 e. The van der Waals surface area contributed by atoms with Gasteiger partial charge in [0, 0.05) is 31.4 Å². The molecule has 1 fully saturated rings. The molecule has 1 heterocycles. The van der Waals surface area contributed by atoms with Crippen LogP contribution in [0.2, 0.25) is 0 Å². The zero-order chi connectivity index (χ0) is 16.5. The van der Waals surface area contributed by atoms with E-state index in [1.165, 1.54) is 6.42 Å². The molecule has 1 aliphatic rings. The van der Waals surface area contributed by atoms with Crippen LogP contribution in [0.25, 0.3) is 0 Å². The molecule has 23 heavy (non-hydrogen) atoms. The summed E-state index contributed by atoms with van der Waals surface area (Å²) in [5.74, 6) is 0.0299. The fraction of sp³-hybridized carbons (Fsp3) is 0.611. The molecule has 0 aromatic carbocycles. The molecular formula is C18H26N2O3. The van der Waals surface area contributed by atoms with Gasteiger partial charge in [-0.3, -0.25) is 14.6 Å². The lowest BCUT2D eigenvalue weighted by molar-refractivity contribution is -0.145. The summed E-state index contributed by atoms with van der Waals surface area (Å²) >= 11 is 0. The third kappa shape index (κ3) is 5.66. The number of esters is 1. The average Bonchev–Trinajstić information content (AvgIpc) is 2.60. The van der Waals surface area contributed by atoms with Gasteiger partial charge in [0.05, 0.1) is 13.0 Å². The quantitative estimate of drug-likeness (QED) is 0.725. The fourth-order valence-corrected chi connectivity index (χ4v) is 3.04. The summed E-state index contributed by atoms with van der Waals surface area (Å²) in [4.78, 5) is 30.3. The van der Waals surface area contributed by atoms with E-state index in [4.69, 9.17) is 4.74 Å². The minimum Gasteiger partial charge on any atom is -0.466 e. The van der Waals surface area contributed by atoms with E-state index in [0.29, 0.717) is 19.7 Å². The molecule has 0 bridgehead atoms. The number of hydrogen-bond acceptors (Lipinski definition) is 4. The van der Waals surface area contributed by atoms with Gasteiger partial charge in [0.1, 0.15) is 0 Å². The van der Waals surface area contributed by atoms with Crippen molar-refractivity contribution in [1.82, 2.24) is 9.88 Å². The molecule has 1 aliphatic carbocycles. The van der Waals surface area contributed by atoms with Crippen molar-refractivity contribution in [2.24, 2.45) is 5.92 Å². The van der Waals surface area contributed by atoms with Crippen LogP contribution >= 0.6 is 0 Å². The number of pyridine rings is 1. The highest BCUT2D eigenvalue weighted by atomic mass is 16.5. The minimum atomic E-state index is -0.247. The molecule has 0 unspecified atom stereocenters. The van der Waals surface area contributed by atoms with Crippen LogP contribution in [0.3, 0.4) is 0 Å². The van der Waals surface area contributed by atoms with Crippen LogP contribution in [0.4, 0.5) is 0 Å². The molecular weight excluding hydrogens is 292 g/mol. The van der Waals surface area contributed by atoms with E-state index in [9.17, 15) is 9.59 Å². The first-order chi connectivity index (χ1) is 11.2. The molecule has 2 rings (SSSR count). The normalized spacial score (nSPS) is 15.2. The Kier molecular flexibility index (Phi) is 7.04. The average molecular weight is 318 g/mol. The minimum absolute atomic E-state index is 0.104. The van der Waals surface area contributed by atoms with Crippen molar-refractivity contribution >= 4 is 11.9 Å². The summed E-state index contributed by atoms with van der Waals surface area (Å²) < 4.78 is 4.98. The summed E-state index contributed by atoms with van der Waals surface area (Å²) in [6.45, 7) is 3.10. The first kappa shape index (κ1) is 17.4. The maximum absolute atomic E-state index is 12.8. The Hall–Kier alpha value is -1.91. The highest BCUT2D eigenvalue weighted by Crippen LogP contribution is 2.26. The Morgan fingerprint density at radius 2 is 1.91 bits per heavy atom. The van der Waals surface area contributed by atoms with Crippen molar-refractivity contribution in [3.63, 3.8) is 0 Å². The van der Waals surface area contributed by atoms with E-state index >= 15 is 0 Å². The molecule has 126 valence electrons. The van der Waals surface area contributed by atoms with Gasteiger partial charge in [-0.1, -0.05) is 19.3 Å². The summed E-state index contributed by atoms with van der Waals surface area (Å²) in [5.41, 5.74) is 1.04. The first-order valence-corrected chi connectivity index (χ1v) is 8.54. The predicted molar refractivity (Wildman–Crippen MR) is 87.5 cm³/mol. The number of carbonyl (C=O) groups is 2. The summed E-state index contributed by atoms with van der Waals surface area (Å²) in [6.07, 6.45) is 9.09. The van der Waals surface area contributed by atoms with Gasteiger partial charge in [-0.15, -0.1) is 0 Å². The van der Waals surface area contributed by atoms with E-state index < -0.39 is 0 Å². The Bertz CT molecular complexity index is 498. The van der Waals surface area contributed by atoms with Crippen LogP contribution in [0.5, 0.6) is 0 Å². The predicted octanol–water partition coefficient (Wildman–Crippen LogP) is 2.94. The standard InChI is InChI=1S/C18H26N2O3/c1-2-23-17(21)10-13-20(14-15-8-11-19-12-9-15)18(22)16-6-4-3-5-7-16/h8-9,11-12,16H,2-7,10,13-14H2,1H3. The van der Waals surface area contributed by atoms with Crippen LogP contribution in [0, 0.1) is 5.92 Å². The summed E-state index contributed by atoms with van der Waals surface area (Å²) in [7, 11) is 0. The van der Waals surface area contributed by atoms with E-state index in [2.05, 4.69) is 4.98 Å². The Morgan fingerprint density at radius 3 is 2.57 bits per heavy atom. The van der Waals surface area contributed by atoms with Gasteiger partial charge in [-0.2, -0.15) is 0 Å². The van der Waals surface area contributed by atoms with Gasteiger partial charge in [-0.25, -0.2) is 0 Å². The van der Waals surface area contributed by atoms with E-state index in [-0.39, 0.29) is 24.2 Å². The Morgan fingerprint density at radius 1 is 1.22 bits per heavy atom. The highest BCUT2D eigenvalue weighted by Gasteiger charge is 2.26. The zero-order valence-electron chi connectivity index (χ0n) is 13.9. The van der Waals surface area contributed by atoms with Gasteiger partial charge < -0.3 is 9.64 Å². The number of carbonyl (C=O) groups excluding carboxylic acids is 2. The fourth-order valence-electron chi connectivity index (χ4n) is 3.04. The van der Waals surface area contributed by atoms with Crippen molar-refractivity contribution in [3.05, 3.63) is 30.1 Å². The highest BCUT2D eigenvalue weighted by molar-refractivity contribution is 5.79. The van der Waals surface area contributed by atoms with Crippen molar-refractivity contribution in [2.45, 2.75) is 52.0 Å². The van der Waals surface area contributed by atoms with Crippen molar-refractivity contribution < 1.29 is 14.3 Å². The molecule has 1 amide bonds. The van der Waals surface area contributed by atoms with Crippen molar-refractivity contribution in [1.29, 1.82) is 0 Å². The molecule has 5 heteroatoms. The topological polar surface area (TPSA) is 59.5 Å². The molecule has 0 N–H and O–H groups in total. The van der Waals surface area contributed by atoms with Gasteiger partial charge in [0.2, 0.25) is 5.91 Å². The lowest BCUT2D eigenvalue weighted by atomic mass is 9.88. The molecule has 0 atom stereocenters. The number of nitrogens with zero attached hydrogens (tertiary/aromatic N) is 2. The third-order valence-electron chi connectivity index (χ3n) is 4.28. The van der Waals surface area contributed by atoms with Crippen LogP contribution < -0.4 is 0 Å². The summed E-state index contributed by atoms with van der Waals surface area (Å²) in [5, 5.41) is 0. The lowest BCUT2D eigenvalue weighted by Crippen LogP contribution is -2.38. The molecule has 1 saturated carbocycles. The lowest BCUT2D eigenvalue weighted by Gasteiger charge is -2.29. The maximum Gasteiger partial charge on any atom is 0.307 e. The second-order valence-electron chi connectivity index (χ2n) is 6.01. The Balaban J connectivity index is 2.00. The van der Waals surface area contributed by atoms with Gasteiger partial charge >= 0.3 is 5.97 Å². The SMILES string of the molecule is CCOC(=O)CCN(Cc1ccncc1)C(=O)C1CCCCC1. The second kappa shape index (κ2) is 9.28. The molecule has 0 spiro atoms.